The summed E-state index contributed by atoms with van der Waals surface area (Å²) in [7, 11) is 0. The monoisotopic (exact) mass is 450 g/mol. The SMILES string of the molecule is CCC(NC(=O)C1CCCN(C(=O)c2ccc(Cl)cc2)C1)c1ccccc1OC(F)F. The van der Waals surface area contributed by atoms with Crippen molar-refractivity contribution in [1.82, 2.24) is 10.2 Å². The molecule has 0 aliphatic carbocycles. The average molecular weight is 451 g/mol. The van der Waals surface area contributed by atoms with Crippen molar-refractivity contribution in [1.29, 1.82) is 0 Å². The van der Waals surface area contributed by atoms with Crippen molar-refractivity contribution in [2.24, 2.45) is 5.92 Å². The molecule has 2 atom stereocenters. The van der Waals surface area contributed by atoms with Gasteiger partial charge in [0.15, 0.2) is 0 Å². The van der Waals surface area contributed by atoms with Gasteiger partial charge in [-0.15, -0.1) is 0 Å². The average Bonchev–Trinajstić information content (AvgIpc) is 2.77. The molecule has 5 nitrogen and oxygen atoms in total. The van der Waals surface area contributed by atoms with Crippen molar-refractivity contribution in [3.05, 3.63) is 64.7 Å². The van der Waals surface area contributed by atoms with Crippen LogP contribution in [0.1, 0.15) is 48.1 Å². The van der Waals surface area contributed by atoms with Crippen LogP contribution in [-0.2, 0) is 4.79 Å². The number of piperidine rings is 1. The molecule has 2 unspecified atom stereocenters. The van der Waals surface area contributed by atoms with Crippen LogP contribution < -0.4 is 10.1 Å². The summed E-state index contributed by atoms with van der Waals surface area (Å²) in [6, 6.07) is 12.6. The highest BCUT2D eigenvalue weighted by Crippen LogP contribution is 2.29. The molecule has 2 amide bonds. The number of ether oxygens (including phenoxy) is 1. The van der Waals surface area contributed by atoms with E-state index in [4.69, 9.17) is 11.6 Å². The number of nitrogens with zero attached hydrogens (tertiary/aromatic N) is 1. The van der Waals surface area contributed by atoms with Gasteiger partial charge >= 0.3 is 6.61 Å². The number of alkyl halides is 2. The van der Waals surface area contributed by atoms with Crippen LogP contribution >= 0.6 is 11.6 Å². The standard InChI is InChI=1S/C23H25ClF2N2O3/c1-2-19(18-7-3-4-8-20(18)31-23(25)26)27-21(29)16-6-5-13-28(14-16)22(30)15-9-11-17(24)12-10-15/h3-4,7-12,16,19,23H,2,5-6,13-14H2,1H3,(H,27,29). The maximum atomic E-state index is 13.0. The van der Waals surface area contributed by atoms with Crippen LogP contribution in [0.2, 0.25) is 5.02 Å². The number of rotatable bonds is 7. The van der Waals surface area contributed by atoms with Crippen LogP contribution in [0.25, 0.3) is 0 Å². The molecule has 0 spiro atoms. The predicted molar refractivity (Wildman–Crippen MR) is 114 cm³/mol. The first-order chi connectivity index (χ1) is 14.9. The maximum Gasteiger partial charge on any atom is 0.387 e. The van der Waals surface area contributed by atoms with E-state index in [1.165, 1.54) is 6.07 Å². The lowest BCUT2D eigenvalue weighted by Gasteiger charge is -2.33. The normalized spacial score (nSPS) is 17.3. The molecule has 0 bridgehead atoms. The largest absolute Gasteiger partial charge is 0.434 e. The molecular weight excluding hydrogens is 426 g/mol. The number of carbonyl (C=O) groups is 2. The number of benzene rings is 2. The first-order valence-electron chi connectivity index (χ1n) is 10.3. The molecule has 166 valence electrons. The van der Waals surface area contributed by atoms with Crippen LogP contribution in [0.4, 0.5) is 8.78 Å². The van der Waals surface area contributed by atoms with E-state index in [9.17, 15) is 18.4 Å². The van der Waals surface area contributed by atoms with Gasteiger partial charge < -0.3 is 15.0 Å². The molecule has 1 fully saturated rings. The van der Waals surface area contributed by atoms with Crippen molar-refractivity contribution in [3.8, 4) is 5.75 Å². The lowest BCUT2D eigenvalue weighted by atomic mass is 9.95. The van der Waals surface area contributed by atoms with Gasteiger partial charge in [0.25, 0.3) is 5.91 Å². The third-order valence-corrected chi connectivity index (χ3v) is 5.66. The van der Waals surface area contributed by atoms with E-state index in [1.54, 1.807) is 47.4 Å². The van der Waals surface area contributed by atoms with E-state index in [1.807, 2.05) is 6.92 Å². The quantitative estimate of drug-likeness (QED) is 0.641. The molecule has 0 aromatic heterocycles. The second-order valence-electron chi connectivity index (χ2n) is 7.48. The zero-order valence-electron chi connectivity index (χ0n) is 17.2. The number of para-hydroxylation sites is 1. The molecule has 1 heterocycles. The molecule has 0 saturated carbocycles. The summed E-state index contributed by atoms with van der Waals surface area (Å²) < 4.78 is 30.1. The Balaban J connectivity index is 1.68. The lowest BCUT2D eigenvalue weighted by molar-refractivity contribution is -0.127. The Labute approximate surface area is 185 Å². The first kappa shape index (κ1) is 23.0. The molecule has 3 rings (SSSR count). The van der Waals surface area contributed by atoms with Gasteiger partial charge in [-0.1, -0.05) is 36.7 Å². The van der Waals surface area contributed by atoms with E-state index in [-0.39, 0.29) is 23.5 Å². The summed E-state index contributed by atoms with van der Waals surface area (Å²) in [5.74, 6) is -0.667. The van der Waals surface area contributed by atoms with E-state index in [0.29, 0.717) is 48.5 Å². The Morgan fingerprint density at radius 2 is 1.90 bits per heavy atom. The molecule has 0 radical (unpaired) electrons. The minimum atomic E-state index is -2.94. The highest BCUT2D eigenvalue weighted by atomic mass is 35.5. The highest BCUT2D eigenvalue weighted by Gasteiger charge is 2.30. The fraction of sp³-hybridized carbons (Fsp3) is 0.391. The van der Waals surface area contributed by atoms with Gasteiger partial charge in [0.2, 0.25) is 5.91 Å². The van der Waals surface area contributed by atoms with Gasteiger partial charge in [-0.05, 0) is 49.6 Å². The topological polar surface area (TPSA) is 58.6 Å². The van der Waals surface area contributed by atoms with Crippen LogP contribution in [0.3, 0.4) is 0 Å². The summed E-state index contributed by atoms with van der Waals surface area (Å²) in [4.78, 5) is 27.4. The van der Waals surface area contributed by atoms with Gasteiger partial charge in [0, 0.05) is 29.2 Å². The fourth-order valence-corrected chi connectivity index (χ4v) is 3.94. The van der Waals surface area contributed by atoms with Gasteiger partial charge in [0.1, 0.15) is 5.75 Å². The Hall–Kier alpha value is -2.67. The van der Waals surface area contributed by atoms with Crippen molar-refractivity contribution < 1.29 is 23.1 Å². The molecule has 1 aliphatic rings. The van der Waals surface area contributed by atoms with Crippen molar-refractivity contribution in [3.63, 3.8) is 0 Å². The predicted octanol–water partition coefficient (Wildman–Crippen LogP) is 5.06. The van der Waals surface area contributed by atoms with Crippen molar-refractivity contribution >= 4 is 23.4 Å². The minimum absolute atomic E-state index is 0.0489. The number of hydrogen-bond donors (Lipinski definition) is 1. The maximum absolute atomic E-state index is 13.0. The van der Waals surface area contributed by atoms with Crippen molar-refractivity contribution in [2.45, 2.75) is 38.8 Å². The molecule has 2 aromatic rings. The lowest BCUT2D eigenvalue weighted by Crippen LogP contribution is -2.46. The highest BCUT2D eigenvalue weighted by molar-refractivity contribution is 6.30. The van der Waals surface area contributed by atoms with Crippen LogP contribution in [-0.4, -0.2) is 36.4 Å². The van der Waals surface area contributed by atoms with Crippen LogP contribution in [0, 0.1) is 5.92 Å². The number of halogens is 3. The Morgan fingerprint density at radius 1 is 1.19 bits per heavy atom. The zero-order chi connectivity index (χ0) is 22.4. The minimum Gasteiger partial charge on any atom is -0.434 e. The van der Waals surface area contributed by atoms with E-state index >= 15 is 0 Å². The number of hydrogen-bond acceptors (Lipinski definition) is 3. The number of nitrogens with one attached hydrogen (secondary N) is 1. The van der Waals surface area contributed by atoms with E-state index in [0.717, 1.165) is 0 Å². The Morgan fingerprint density at radius 3 is 2.58 bits per heavy atom. The Kier molecular flexibility index (Phi) is 7.85. The summed E-state index contributed by atoms with van der Waals surface area (Å²) in [5.41, 5.74) is 1.03. The zero-order valence-corrected chi connectivity index (χ0v) is 17.9. The fourth-order valence-electron chi connectivity index (χ4n) is 3.81. The molecule has 1 N–H and O–H groups in total. The van der Waals surface area contributed by atoms with E-state index in [2.05, 4.69) is 10.1 Å². The summed E-state index contributed by atoms with van der Waals surface area (Å²) >= 11 is 5.89. The number of amides is 2. The first-order valence-corrected chi connectivity index (χ1v) is 10.7. The van der Waals surface area contributed by atoms with Gasteiger partial charge in [-0.3, -0.25) is 9.59 Å². The summed E-state index contributed by atoms with van der Waals surface area (Å²) in [6.45, 7) is -0.201. The second kappa shape index (κ2) is 10.6. The second-order valence-corrected chi connectivity index (χ2v) is 7.92. The van der Waals surface area contributed by atoms with Gasteiger partial charge in [-0.2, -0.15) is 8.78 Å². The molecule has 31 heavy (non-hydrogen) atoms. The smallest absolute Gasteiger partial charge is 0.387 e. The number of likely N-dealkylation sites (tertiary alicyclic amines) is 1. The third kappa shape index (κ3) is 5.94. The summed E-state index contributed by atoms with van der Waals surface area (Å²) in [6.07, 6.45) is 1.87. The molecule has 2 aromatic carbocycles. The molecule has 1 saturated heterocycles. The molecule has 1 aliphatic heterocycles. The molecule has 8 heteroatoms. The number of carbonyl (C=O) groups excluding carboxylic acids is 2. The van der Waals surface area contributed by atoms with E-state index < -0.39 is 12.7 Å². The third-order valence-electron chi connectivity index (χ3n) is 5.41. The van der Waals surface area contributed by atoms with Crippen LogP contribution in [0.5, 0.6) is 5.75 Å². The van der Waals surface area contributed by atoms with Crippen LogP contribution in [0.15, 0.2) is 48.5 Å². The van der Waals surface area contributed by atoms with Gasteiger partial charge in [0.05, 0.1) is 12.0 Å². The van der Waals surface area contributed by atoms with Crippen molar-refractivity contribution in [2.75, 3.05) is 13.1 Å². The Bertz CT molecular complexity index is 908. The molecular formula is C23H25ClF2N2O3. The van der Waals surface area contributed by atoms with Gasteiger partial charge in [-0.25, -0.2) is 0 Å². The summed E-state index contributed by atoms with van der Waals surface area (Å²) in [5, 5.41) is 3.50.